The van der Waals surface area contributed by atoms with Crippen LogP contribution in [0.5, 0.6) is 5.75 Å². The van der Waals surface area contributed by atoms with E-state index in [0.717, 1.165) is 31.7 Å². The number of amides is 1. The van der Waals surface area contributed by atoms with Crippen LogP contribution in [0.1, 0.15) is 37.0 Å². The van der Waals surface area contributed by atoms with Crippen LogP contribution in [0.3, 0.4) is 0 Å². The van der Waals surface area contributed by atoms with E-state index in [1.165, 1.54) is 0 Å². The molecule has 0 aromatic heterocycles. The third-order valence-electron chi connectivity index (χ3n) is 3.67. The lowest BCUT2D eigenvalue weighted by Crippen LogP contribution is -2.48. The Labute approximate surface area is 133 Å². The Hall–Kier alpha value is -1.26. The fraction of sp³-hybridized carbons (Fsp3) is 0.562. The number of rotatable bonds is 5. The minimum absolute atomic E-state index is 0. The number of benzene rings is 1. The summed E-state index contributed by atoms with van der Waals surface area (Å²) >= 11 is 0. The van der Waals surface area contributed by atoms with Crippen molar-refractivity contribution < 1.29 is 9.53 Å². The lowest BCUT2D eigenvalue weighted by Gasteiger charge is -2.30. The van der Waals surface area contributed by atoms with Crippen LogP contribution in [0.2, 0.25) is 0 Å². The minimum Gasteiger partial charge on any atom is -0.494 e. The standard InChI is InChI=1S/C16H24N2O2.ClH/c1-3-9-20-14-6-4-5-13(10-14)16(19)18-15-7-8-17-11-12(15)2;/h4-6,10,12,15,17H,3,7-9,11H2,1-2H3,(H,18,19);1H. The second kappa shape index (κ2) is 8.90. The van der Waals surface area contributed by atoms with E-state index in [2.05, 4.69) is 24.5 Å². The third-order valence-corrected chi connectivity index (χ3v) is 3.67. The highest BCUT2D eigenvalue weighted by Crippen LogP contribution is 2.15. The summed E-state index contributed by atoms with van der Waals surface area (Å²) in [5.74, 6) is 1.22. The number of hydrogen-bond donors (Lipinski definition) is 2. The van der Waals surface area contributed by atoms with Crippen molar-refractivity contribution in [3.05, 3.63) is 29.8 Å². The molecule has 1 heterocycles. The largest absolute Gasteiger partial charge is 0.494 e. The van der Waals surface area contributed by atoms with E-state index in [4.69, 9.17) is 4.74 Å². The van der Waals surface area contributed by atoms with Gasteiger partial charge in [-0.3, -0.25) is 4.79 Å². The first kappa shape index (κ1) is 17.8. The van der Waals surface area contributed by atoms with Crippen molar-refractivity contribution >= 4 is 18.3 Å². The molecule has 5 heteroatoms. The molecule has 2 rings (SSSR count). The second-order valence-corrected chi connectivity index (χ2v) is 5.43. The molecule has 118 valence electrons. The number of ether oxygens (including phenoxy) is 1. The quantitative estimate of drug-likeness (QED) is 0.879. The van der Waals surface area contributed by atoms with Gasteiger partial charge in [0.2, 0.25) is 0 Å². The van der Waals surface area contributed by atoms with Gasteiger partial charge in [0.25, 0.3) is 5.91 Å². The van der Waals surface area contributed by atoms with Crippen LogP contribution in [-0.4, -0.2) is 31.6 Å². The Kier molecular flexibility index (Phi) is 7.54. The average molecular weight is 313 g/mol. The molecule has 0 bridgehead atoms. The van der Waals surface area contributed by atoms with Gasteiger partial charge in [-0.2, -0.15) is 0 Å². The molecule has 2 N–H and O–H groups in total. The zero-order valence-corrected chi connectivity index (χ0v) is 13.5. The summed E-state index contributed by atoms with van der Waals surface area (Å²) in [7, 11) is 0. The first-order chi connectivity index (χ1) is 9.70. The molecule has 2 atom stereocenters. The lowest BCUT2D eigenvalue weighted by molar-refractivity contribution is 0.0913. The summed E-state index contributed by atoms with van der Waals surface area (Å²) in [6.07, 6.45) is 1.95. The smallest absolute Gasteiger partial charge is 0.251 e. The molecular formula is C16H25ClN2O2. The predicted octanol–water partition coefficient (Wildman–Crippen LogP) is 2.63. The fourth-order valence-corrected chi connectivity index (χ4v) is 2.43. The third kappa shape index (κ3) is 5.21. The molecular weight excluding hydrogens is 288 g/mol. The molecule has 0 radical (unpaired) electrons. The Morgan fingerprint density at radius 3 is 3.00 bits per heavy atom. The molecule has 1 fully saturated rings. The monoisotopic (exact) mass is 312 g/mol. The van der Waals surface area contributed by atoms with Gasteiger partial charge < -0.3 is 15.4 Å². The molecule has 1 saturated heterocycles. The van der Waals surface area contributed by atoms with Crippen LogP contribution in [0, 0.1) is 5.92 Å². The van der Waals surface area contributed by atoms with E-state index in [1.54, 1.807) is 0 Å². The summed E-state index contributed by atoms with van der Waals surface area (Å²) in [4.78, 5) is 12.3. The zero-order valence-electron chi connectivity index (χ0n) is 12.7. The van der Waals surface area contributed by atoms with Crippen LogP contribution in [0.15, 0.2) is 24.3 Å². The summed E-state index contributed by atoms with van der Waals surface area (Å²) in [5.41, 5.74) is 0.671. The Bertz CT molecular complexity index is 454. The van der Waals surface area contributed by atoms with Crippen molar-refractivity contribution in [3.63, 3.8) is 0 Å². The summed E-state index contributed by atoms with van der Waals surface area (Å²) in [5, 5.41) is 6.47. The van der Waals surface area contributed by atoms with Gasteiger partial charge in [0, 0.05) is 11.6 Å². The first-order valence-electron chi connectivity index (χ1n) is 7.45. The molecule has 1 aromatic rings. The number of carbonyl (C=O) groups excluding carboxylic acids is 1. The maximum Gasteiger partial charge on any atom is 0.251 e. The van der Waals surface area contributed by atoms with Crippen molar-refractivity contribution in [2.45, 2.75) is 32.7 Å². The second-order valence-electron chi connectivity index (χ2n) is 5.43. The first-order valence-corrected chi connectivity index (χ1v) is 7.45. The maximum absolute atomic E-state index is 12.3. The lowest BCUT2D eigenvalue weighted by atomic mass is 9.95. The number of halogens is 1. The van der Waals surface area contributed by atoms with Crippen molar-refractivity contribution in [1.29, 1.82) is 0 Å². The van der Waals surface area contributed by atoms with E-state index in [-0.39, 0.29) is 24.4 Å². The van der Waals surface area contributed by atoms with Gasteiger partial charge >= 0.3 is 0 Å². The predicted molar refractivity (Wildman–Crippen MR) is 87.4 cm³/mol. The summed E-state index contributed by atoms with van der Waals surface area (Å²) in [6, 6.07) is 7.66. The van der Waals surface area contributed by atoms with Crippen molar-refractivity contribution in [1.82, 2.24) is 10.6 Å². The van der Waals surface area contributed by atoms with E-state index in [0.29, 0.717) is 18.1 Å². The SMILES string of the molecule is CCCOc1cccc(C(=O)NC2CCNCC2C)c1.Cl. The molecule has 0 saturated carbocycles. The molecule has 1 aromatic carbocycles. The van der Waals surface area contributed by atoms with Crippen LogP contribution >= 0.6 is 12.4 Å². The van der Waals surface area contributed by atoms with Gasteiger partial charge in [-0.1, -0.05) is 19.9 Å². The van der Waals surface area contributed by atoms with Gasteiger partial charge in [0.15, 0.2) is 0 Å². The fourth-order valence-electron chi connectivity index (χ4n) is 2.43. The number of piperidine rings is 1. The molecule has 21 heavy (non-hydrogen) atoms. The van der Waals surface area contributed by atoms with Gasteiger partial charge in [0.05, 0.1) is 6.61 Å². The van der Waals surface area contributed by atoms with Gasteiger partial charge in [-0.25, -0.2) is 0 Å². The van der Waals surface area contributed by atoms with Gasteiger partial charge in [-0.15, -0.1) is 12.4 Å². The molecule has 0 aliphatic carbocycles. The minimum atomic E-state index is -0.00861. The molecule has 4 nitrogen and oxygen atoms in total. The topological polar surface area (TPSA) is 50.4 Å². The molecule has 1 aliphatic rings. The van der Waals surface area contributed by atoms with Crippen LogP contribution in [-0.2, 0) is 0 Å². The summed E-state index contributed by atoms with van der Waals surface area (Å²) in [6.45, 7) is 6.84. The number of hydrogen-bond acceptors (Lipinski definition) is 3. The van der Waals surface area contributed by atoms with E-state index in [9.17, 15) is 4.79 Å². The molecule has 2 unspecified atom stereocenters. The zero-order chi connectivity index (χ0) is 14.4. The maximum atomic E-state index is 12.3. The highest BCUT2D eigenvalue weighted by molar-refractivity contribution is 5.94. The van der Waals surface area contributed by atoms with Crippen molar-refractivity contribution in [3.8, 4) is 5.75 Å². The Morgan fingerprint density at radius 2 is 2.29 bits per heavy atom. The highest BCUT2D eigenvalue weighted by Gasteiger charge is 2.23. The normalized spacial score (nSPS) is 21.2. The number of nitrogens with one attached hydrogen (secondary N) is 2. The van der Waals surface area contributed by atoms with Crippen LogP contribution in [0.4, 0.5) is 0 Å². The van der Waals surface area contributed by atoms with Gasteiger partial charge in [-0.05, 0) is 50.0 Å². The molecule has 1 aliphatic heterocycles. The molecule has 0 spiro atoms. The summed E-state index contributed by atoms with van der Waals surface area (Å²) < 4.78 is 5.57. The van der Waals surface area contributed by atoms with Gasteiger partial charge in [0.1, 0.15) is 5.75 Å². The van der Waals surface area contributed by atoms with E-state index in [1.807, 2.05) is 24.3 Å². The highest BCUT2D eigenvalue weighted by atomic mass is 35.5. The van der Waals surface area contributed by atoms with Crippen LogP contribution in [0.25, 0.3) is 0 Å². The molecule has 1 amide bonds. The van der Waals surface area contributed by atoms with Crippen molar-refractivity contribution in [2.75, 3.05) is 19.7 Å². The number of carbonyl (C=O) groups is 1. The van der Waals surface area contributed by atoms with Crippen LogP contribution < -0.4 is 15.4 Å². The Morgan fingerprint density at radius 1 is 1.48 bits per heavy atom. The van der Waals surface area contributed by atoms with E-state index >= 15 is 0 Å². The van der Waals surface area contributed by atoms with Crippen molar-refractivity contribution in [2.24, 2.45) is 5.92 Å². The average Bonchev–Trinajstić information content (AvgIpc) is 2.48. The Balaban J connectivity index is 0.00000220. The van der Waals surface area contributed by atoms with E-state index < -0.39 is 0 Å².